The summed E-state index contributed by atoms with van der Waals surface area (Å²) in [5, 5.41) is 13.3. The van der Waals surface area contributed by atoms with E-state index in [2.05, 4.69) is 31.1 Å². The third-order valence-electron chi connectivity index (χ3n) is 4.95. The Bertz CT molecular complexity index is 993. The lowest BCUT2D eigenvalue weighted by Gasteiger charge is -2.20. The Balaban J connectivity index is 1.64. The standard InChI is InChI=1S/C25H28N2O3/c1-17-5-6-19(15-23(17)30-21-11-13-26-14-12-21)24(29)27-16-22(28)18-7-9-20(10-8-18)25(2,3)4/h5-15,22,28H,16H2,1-4H3,(H,27,29). The molecule has 3 aromatic rings. The van der Waals surface area contributed by atoms with Crippen molar-refractivity contribution in [3.05, 3.63) is 89.2 Å². The van der Waals surface area contributed by atoms with E-state index in [-0.39, 0.29) is 17.9 Å². The molecule has 1 amide bonds. The lowest BCUT2D eigenvalue weighted by atomic mass is 9.86. The molecule has 0 fully saturated rings. The number of hydrogen-bond donors (Lipinski definition) is 2. The molecule has 5 heteroatoms. The van der Waals surface area contributed by atoms with Crippen LogP contribution in [0.2, 0.25) is 0 Å². The number of amides is 1. The quantitative estimate of drug-likeness (QED) is 0.610. The van der Waals surface area contributed by atoms with Crippen LogP contribution in [0.15, 0.2) is 67.0 Å². The van der Waals surface area contributed by atoms with E-state index >= 15 is 0 Å². The molecule has 1 aromatic heterocycles. The Kier molecular flexibility index (Phi) is 6.53. The molecule has 3 rings (SSSR count). The number of aliphatic hydroxyl groups is 1. The largest absolute Gasteiger partial charge is 0.457 e. The Hall–Kier alpha value is -3.18. The minimum Gasteiger partial charge on any atom is -0.457 e. The smallest absolute Gasteiger partial charge is 0.251 e. The molecule has 1 unspecified atom stereocenters. The number of pyridine rings is 1. The van der Waals surface area contributed by atoms with Gasteiger partial charge in [-0.1, -0.05) is 51.1 Å². The fourth-order valence-corrected chi connectivity index (χ4v) is 3.00. The summed E-state index contributed by atoms with van der Waals surface area (Å²) in [4.78, 5) is 16.6. The number of hydrogen-bond acceptors (Lipinski definition) is 4. The third kappa shape index (κ3) is 5.45. The van der Waals surface area contributed by atoms with E-state index in [1.54, 1.807) is 36.7 Å². The number of aromatic nitrogens is 1. The van der Waals surface area contributed by atoms with Gasteiger partial charge in [-0.25, -0.2) is 0 Å². The molecule has 0 aliphatic heterocycles. The molecule has 156 valence electrons. The molecule has 0 radical (unpaired) electrons. The van der Waals surface area contributed by atoms with Crippen molar-refractivity contribution >= 4 is 5.91 Å². The first-order valence-electron chi connectivity index (χ1n) is 9.99. The minimum absolute atomic E-state index is 0.0547. The van der Waals surface area contributed by atoms with Gasteiger partial charge in [-0.3, -0.25) is 9.78 Å². The molecule has 0 saturated heterocycles. The number of nitrogens with one attached hydrogen (secondary N) is 1. The van der Waals surface area contributed by atoms with Crippen LogP contribution in [0, 0.1) is 6.92 Å². The molecule has 0 aliphatic rings. The van der Waals surface area contributed by atoms with Crippen LogP contribution in [-0.2, 0) is 5.41 Å². The second-order valence-electron chi connectivity index (χ2n) is 8.36. The Morgan fingerprint density at radius 1 is 1.07 bits per heavy atom. The highest BCUT2D eigenvalue weighted by molar-refractivity contribution is 5.94. The summed E-state index contributed by atoms with van der Waals surface area (Å²) in [5.41, 5.74) is 3.42. The minimum atomic E-state index is -0.777. The van der Waals surface area contributed by atoms with Crippen LogP contribution in [0.3, 0.4) is 0 Å². The average molecular weight is 405 g/mol. The van der Waals surface area contributed by atoms with Gasteiger partial charge < -0.3 is 15.2 Å². The molecule has 5 nitrogen and oxygen atoms in total. The van der Waals surface area contributed by atoms with Crippen molar-refractivity contribution in [2.75, 3.05) is 6.54 Å². The zero-order chi connectivity index (χ0) is 21.7. The zero-order valence-electron chi connectivity index (χ0n) is 17.8. The van der Waals surface area contributed by atoms with E-state index in [1.165, 1.54) is 5.56 Å². The fraction of sp³-hybridized carbons (Fsp3) is 0.280. The van der Waals surface area contributed by atoms with Gasteiger partial charge in [0.25, 0.3) is 5.91 Å². The summed E-state index contributed by atoms with van der Waals surface area (Å²) >= 11 is 0. The SMILES string of the molecule is Cc1ccc(C(=O)NCC(O)c2ccc(C(C)(C)C)cc2)cc1Oc1ccncc1. The molecular weight excluding hydrogens is 376 g/mol. The monoisotopic (exact) mass is 404 g/mol. The number of rotatable bonds is 6. The van der Waals surface area contributed by atoms with Crippen molar-refractivity contribution in [1.29, 1.82) is 0 Å². The first-order valence-corrected chi connectivity index (χ1v) is 9.99. The Labute approximate surface area is 177 Å². The molecule has 0 spiro atoms. The normalized spacial score (nSPS) is 12.3. The third-order valence-corrected chi connectivity index (χ3v) is 4.95. The topological polar surface area (TPSA) is 71.5 Å². The highest BCUT2D eigenvalue weighted by Crippen LogP contribution is 2.26. The molecule has 2 N–H and O–H groups in total. The highest BCUT2D eigenvalue weighted by atomic mass is 16.5. The number of carbonyl (C=O) groups is 1. The van der Waals surface area contributed by atoms with E-state index in [4.69, 9.17) is 4.74 Å². The summed E-state index contributed by atoms with van der Waals surface area (Å²) in [6.07, 6.45) is 2.52. The number of ether oxygens (including phenoxy) is 1. The summed E-state index contributed by atoms with van der Waals surface area (Å²) in [6, 6.07) is 16.7. The van der Waals surface area contributed by atoms with Gasteiger partial charge in [0.2, 0.25) is 0 Å². The highest BCUT2D eigenvalue weighted by Gasteiger charge is 2.16. The molecule has 0 aliphatic carbocycles. The van der Waals surface area contributed by atoms with Crippen LogP contribution in [0.25, 0.3) is 0 Å². The number of nitrogens with zero attached hydrogens (tertiary/aromatic N) is 1. The lowest BCUT2D eigenvalue weighted by Crippen LogP contribution is -2.28. The van der Waals surface area contributed by atoms with Gasteiger partial charge in [-0.2, -0.15) is 0 Å². The number of aliphatic hydroxyl groups excluding tert-OH is 1. The van der Waals surface area contributed by atoms with Crippen molar-refractivity contribution < 1.29 is 14.6 Å². The second-order valence-corrected chi connectivity index (χ2v) is 8.36. The summed E-state index contributed by atoms with van der Waals surface area (Å²) in [6.45, 7) is 8.48. The van der Waals surface area contributed by atoms with Gasteiger partial charge in [0.1, 0.15) is 11.5 Å². The predicted molar refractivity (Wildman–Crippen MR) is 118 cm³/mol. The van der Waals surface area contributed by atoms with Crippen molar-refractivity contribution in [1.82, 2.24) is 10.3 Å². The van der Waals surface area contributed by atoms with E-state index < -0.39 is 6.10 Å². The molecule has 30 heavy (non-hydrogen) atoms. The maximum atomic E-state index is 12.6. The Morgan fingerprint density at radius 3 is 2.37 bits per heavy atom. The summed E-state index contributed by atoms with van der Waals surface area (Å²) < 4.78 is 5.86. The van der Waals surface area contributed by atoms with Gasteiger partial charge >= 0.3 is 0 Å². The molecule has 0 saturated carbocycles. The van der Waals surface area contributed by atoms with E-state index in [1.807, 2.05) is 37.3 Å². The van der Waals surface area contributed by atoms with Crippen LogP contribution in [0.1, 0.15) is 53.9 Å². The van der Waals surface area contributed by atoms with Gasteiger partial charge in [-0.05, 0) is 53.3 Å². The number of carbonyl (C=O) groups excluding carboxylic acids is 1. The first kappa shape index (κ1) is 21.5. The van der Waals surface area contributed by atoms with Gasteiger partial charge in [-0.15, -0.1) is 0 Å². The van der Waals surface area contributed by atoms with E-state index in [0.717, 1.165) is 11.1 Å². The second kappa shape index (κ2) is 9.09. The maximum absolute atomic E-state index is 12.6. The van der Waals surface area contributed by atoms with Crippen LogP contribution >= 0.6 is 0 Å². The van der Waals surface area contributed by atoms with Gasteiger partial charge in [0.05, 0.1) is 6.10 Å². The molecule has 1 heterocycles. The summed E-state index contributed by atoms with van der Waals surface area (Å²) in [7, 11) is 0. The van der Waals surface area contributed by atoms with Crippen LogP contribution in [0.5, 0.6) is 11.5 Å². The summed E-state index contributed by atoms with van der Waals surface area (Å²) in [5.74, 6) is 0.992. The lowest BCUT2D eigenvalue weighted by molar-refractivity contribution is 0.0916. The predicted octanol–water partition coefficient (Wildman–Crippen LogP) is 4.94. The van der Waals surface area contributed by atoms with Gasteiger partial charge in [0, 0.05) is 24.5 Å². The zero-order valence-corrected chi connectivity index (χ0v) is 17.8. The van der Waals surface area contributed by atoms with Crippen molar-refractivity contribution in [2.45, 2.75) is 39.2 Å². The van der Waals surface area contributed by atoms with Gasteiger partial charge in [0.15, 0.2) is 0 Å². The number of benzene rings is 2. The van der Waals surface area contributed by atoms with Crippen molar-refractivity contribution in [3.8, 4) is 11.5 Å². The molecule has 2 aromatic carbocycles. The van der Waals surface area contributed by atoms with Crippen LogP contribution in [-0.4, -0.2) is 22.5 Å². The average Bonchev–Trinajstić information content (AvgIpc) is 2.73. The van der Waals surface area contributed by atoms with Crippen molar-refractivity contribution in [3.63, 3.8) is 0 Å². The first-order chi connectivity index (χ1) is 14.2. The molecular formula is C25H28N2O3. The van der Waals surface area contributed by atoms with E-state index in [0.29, 0.717) is 17.1 Å². The number of aryl methyl sites for hydroxylation is 1. The van der Waals surface area contributed by atoms with E-state index in [9.17, 15) is 9.90 Å². The molecule has 1 atom stereocenters. The Morgan fingerprint density at radius 2 is 1.73 bits per heavy atom. The van der Waals surface area contributed by atoms with Crippen LogP contribution < -0.4 is 10.1 Å². The maximum Gasteiger partial charge on any atom is 0.251 e. The van der Waals surface area contributed by atoms with Crippen LogP contribution in [0.4, 0.5) is 0 Å². The molecule has 0 bridgehead atoms. The fourth-order valence-electron chi connectivity index (χ4n) is 3.00. The van der Waals surface area contributed by atoms with Crippen molar-refractivity contribution in [2.24, 2.45) is 0 Å².